The van der Waals surface area contributed by atoms with Crippen LogP contribution in [0.15, 0.2) is 18.2 Å². The quantitative estimate of drug-likeness (QED) is 0.779. The van der Waals surface area contributed by atoms with E-state index in [4.69, 9.17) is 9.47 Å². The molecule has 0 aliphatic carbocycles. The van der Waals surface area contributed by atoms with Gasteiger partial charge in [-0.3, -0.25) is 4.79 Å². The Balaban J connectivity index is 2.73. The molecule has 0 spiro atoms. The van der Waals surface area contributed by atoms with Gasteiger partial charge in [-0.2, -0.15) is 0 Å². The summed E-state index contributed by atoms with van der Waals surface area (Å²) in [5.41, 5.74) is 1.13. The van der Waals surface area contributed by atoms with Gasteiger partial charge in [0.25, 0.3) is 5.91 Å². The molecule has 18 heavy (non-hydrogen) atoms. The molecule has 2 N–H and O–H groups in total. The third-order valence-electron chi connectivity index (χ3n) is 2.70. The highest BCUT2D eigenvalue weighted by atomic mass is 16.7. The highest BCUT2D eigenvalue weighted by Gasteiger charge is 2.19. The SMILES string of the molecule is COC(OC)C(C)NC(=O)c1ccc(C)c(O)c1. The summed E-state index contributed by atoms with van der Waals surface area (Å²) in [7, 11) is 3.02. The topological polar surface area (TPSA) is 67.8 Å². The van der Waals surface area contributed by atoms with E-state index in [1.165, 1.54) is 20.3 Å². The molecule has 0 fully saturated rings. The Kier molecular flexibility index (Phi) is 5.12. The van der Waals surface area contributed by atoms with Gasteiger partial charge in [0.15, 0.2) is 6.29 Å². The first kappa shape index (κ1) is 14.5. The van der Waals surface area contributed by atoms with E-state index in [1.807, 2.05) is 0 Å². The van der Waals surface area contributed by atoms with Crippen molar-refractivity contribution in [2.45, 2.75) is 26.2 Å². The number of carbonyl (C=O) groups is 1. The fourth-order valence-electron chi connectivity index (χ4n) is 1.61. The van der Waals surface area contributed by atoms with Crippen LogP contribution in [0, 0.1) is 6.92 Å². The molecule has 5 nitrogen and oxygen atoms in total. The minimum Gasteiger partial charge on any atom is -0.508 e. The van der Waals surface area contributed by atoms with Crippen LogP contribution < -0.4 is 5.32 Å². The zero-order chi connectivity index (χ0) is 13.7. The minimum atomic E-state index is -0.506. The predicted octanol–water partition coefficient (Wildman–Crippen LogP) is 1.44. The van der Waals surface area contributed by atoms with Gasteiger partial charge < -0.3 is 19.9 Å². The number of amides is 1. The molecule has 0 aromatic heterocycles. The molecule has 1 aromatic rings. The van der Waals surface area contributed by atoms with Crippen molar-refractivity contribution in [3.63, 3.8) is 0 Å². The summed E-state index contributed by atoms with van der Waals surface area (Å²) in [5.74, 6) is -0.178. The Labute approximate surface area is 107 Å². The van der Waals surface area contributed by atoms with Crippen LogP contribution in [0.25, 0.3) is 0 Å². The third-order valence-corrected chi connectivity index (χ3v) is 2.70. The Bertz CT molecular complexity index is 415. The number of aryl methyl sites for hydroxylation is 1. The van der Waals surface area contributed by atoms with Crippen molar-refractivity contribution in [3.8, 4) is 5.75 Å². The first-order valence-corrected chi connectivity index (χ1v) is 5.65. The van der Waals surface area contributed by atoms with Crippen LogP contribution in [0.4, 0.5) is 0 Å². The number of ether oxygens (including phenoxy) is 2. The lowest BCUT2D eigenvalue weighted by molar-refractivity contribution is -0.117. The molecule has 1 unspecified atom stereocenters. The summed E-state index contributed by atoms with van der Waals surface area (Å²) < 4.78 is 10.1. The molecule has 1 amide bonds. The molecule has 0 aliphatic heterocycles. The van der Waals surface area contributed by atoms with Gasteiger partial charge in [0.05, 0.1) is 6.04 Å². The van der Waals surface area contributed by atoms with Crippen LogP contribution in [-0.4, -0.2) is 37.6 Å². The summed E-state index contributed by atoms with van der Waals surface area (Å²) in [4.78, 5) is 11.9. The molecule has 1 atom stereocenters. The average Bonchev–Trinajstić information content (AvgIpc) is 2.34. The number of methoxy groups -OCH3 is 2. The average molecular weight is 253 g/mol. The van der Waals surface area contributed by atoms with Crippen molar-refractivity contribution in [2.24, 2.45) is 0 Å². The van der Waals surface area contributed by atoms with Crippen molar-refractivity contribution in [1.29, 1.82) is 0 Å². The van der Waals surface area contributed by atoms with Gasteiger partial charge in [0.2, 0.25) is 0 Å². The molecular weight excluding hydrogens is 234 g/mol. The number of aromatic hydroxyl groups is 1. The maximum Gasteiger partial charge on any atom is 0.251 e. The van der Waals surface area contributed by atoms with E-state index in [0.29, 0.717) is 5.56 Å². The maximum atomic E-state index is 11.9. The van der Waals surface area contributed by atoms with Gasteiger partial charge in [-0.15, -0.1) is 0 Å². The number of nitrogens with one attached hydrogen (secondary N) is 1. The molecule has 5 heteroatoms. The molecule has 0 bridgehead atoms. The van der Waals surface area contributed by atoms with E-state index in [-0.39, 0.29) is 17.7 Å². The molecule has 1 aromatic carbocycles. The van der Waals surface area contributed by atoms with Crippen molar-refractivity contribution in [1.82, 2.24) is 5.32 Å². The number of carbonyl (C=O) groups excluding carboxylic acids is 1. The molecule has 1 rings (SSSR count). The zero-order valence-electron chi connectivity index (χ0n) is 11.1. The van der Waals surface area contributed by atoms with Crippen LogP contribution in [0.2, 0.25) is 0 Å². The molecule has 0 aliphatic rings. The number of benzene rings is 1. The lowest BCUT2D eigenvalue weighted by Gasteiger charge is -2.22. The van der Waals surface area contributed by atoms with E-state index in [1.54, 1.807) is 26.0 Å². The Hall–Kier alpha value is -1.59. The van der Waals surface area contributed by atoms with E-state index in [0.717, 1.165) is 5.56 Å². The summed E-state index contributed by atoms with van der Waals surface area (Å²) in [5, 5.41) is 12.3. The highest BCUT2D eigenvalue weighted by molar-refractivity contribution is 5.94. The normalized spacial score (nSPS) is 12.5. The van der Waals surface area contributed by atoms with Gasteiger partial charge in [0, 0.05) is 19.8 Å². The lowest BCUT2D eigenvalue weighted by atomic mass is 10.1. The van der Waals surface area contributed by atoms with E-state index >= 15 is 0 Å². The molecule has 0 heterocycles. The summed E-state index contributed by atoms with van der Waals surface area (Å²) in [6.45, 7) is 3.55. The van der Waals surface area contributed by atoms with Crippen molar-refractivity contribution in [2.75, 3.05) is 14.2 Å². The summed E-state index contributed by atoms with van der Waals surface area (Å²) >= 11 is 0. The Morgan fingerprint density at radius 3 is 2.44 bits per heavy atom. The zero-order valence-corrected chi connectivity index (χ0v) is 11.1. The number of rotatable bonds is 5. The van der Waals surface area contributed by atoms with Crippen LogP contribution in [-0.2, 0) is 9.47 Å². The Morgan fingerprint density at radius 2 is 1.94 bits per heavy atom. The van der Waals surface area contributed by atoms with Gasteiger partial charge in [-0.05, 0) is 31.5 Å². The number of phenolic OH excluding ortho intramolecular Hbond substituents is 1. The smallest absolute Gasteiger partial charge is 0.251 e. The van der Waals surface area contributed by atoms with Gasteiger partial charge >= 0.3 is 0 Å². The summed E-state index contributed by atoms with van der Waals surface area (Å²) in [6, 6.07) is 4.49. The third kappa shape index (κ3) is 3.45. The number of phenols is 1. The van der Waals surface area contributed by atoms with Gasteiger partial charge in [0.1, 0.15) is 5.75 Å². The number of hydrogen-bond acceptors (Lipinski definition) is 4. The molecule has 0 saturated carbocycles. The van der Waals surface area contributed by atoms with Crippen LogP contribution in [0.3, 0.4) is 0 Å². The summed E-state index contributed by atoms with van der Waals surface area (Å²) in [6.07, 6.45) is -0.506. The van der Waals surface area contributed by atoms with E-state index < -0.39 is 6.29 Å². The second-order valence-electron chi connectivity index (χ2n) is 4.10. The minimum absolute atomic E-state index is 0.102. The molecule has 0 radical (unpaired) electrons. The highest BCUT2D eigenvalue weighted by Crippen LogP contribution is 2.17. The maximum absolute atomic E-state index is 11.9. The lowest BCUT2D eigenvalue weighted by Crippen LogP contribution is -2.42. The second-order valence-corrected chi connectivity index (χ2v) is 4.10. The number of hydrogen-bond donors (Lipinski definition) is 2. The first-order valence-electron chi connectivity index (χ1n) is 5.65. The van der Waals surface area contributed by atoms with Crippen LogP contribution in [0.1, 0.15) is 22.8 Å². The second kappa shape index (κ2) is 6.37. The Morgan fingerprint density at radius 1 is 1.33 bits per heavy atom. The van der Waals surface area contributed by atoms with E-state index in [2.05, 4.69) is 5.32 Å². The molecule has 0 saturated heterocycles. The fourth-order valence-corrected chi connectivity index (χ4v) is 1.61. The van der Waals surface area contributed by atoms with Crippen LogP contribution >= 0.6 is 0 Å². The van der Waals surface area contributed by atoms with Gasteiger partial charge in [-0.1, -0.05) is 6.07 Å². The van der Waals surface area contributed by atoms with Crippen molar-refractivity contribution >= 4 is 5.91 Å². The fraction of sp³-hybridized carbons (Fsp3) is 0.462. The van der Waals surface area contributed by atoms with Crippen LogP contribution in [0.5, 0.6) is 5.75 Å². The van der Waals surface area contributed by atoms with Crippen molar-refractivity contribution < 1.29 is 19.4 Å². The predicted molar refractivity (Wildman–Crippen MR) is 67.6 cm³/mol. The first-order chi connectivity index (χ1) is 8.49. The molecule has 100 valence electrons. The largest absolute Gasteiger partial charge is 0.508 e. The van der Waals surface area contributed by atoms with E-state index in [9.17, 15) is 9.90 Å². The monoisotopic (exact) mass is 253 g/mol. The van der Waals surface area contributed by atoms with Crippen molar-refractivity contribution in [3.05, 3.63) is 29.3 Å². The standard InChI is InChI=1S/C13H19NO4/c1-8-5-6-10(7-11(8)15)12(16)14-9(2)13(17-3)18-4/h5-7,9,13,15H,1-4H3,(H,14,16). The van der Waals surface area contributed by atoms with Gasteiger partial charge in [-0.25, -0.2) is 0 Å². The molecular formula is C13H19NO4.